The Balaban J connectivity index is 2.06. The van der Waals surface area contributed by atoms with Crippen molar-refractivity contribution in [1.29, 1.82) is 0 Å². The van der Waals surface area contributed by atoms with Crippen molar-refractivity contribution >= 4 is 9.84 Å². The molecule has 2 fully saturated rings. The normalized spacial score (nSPS) is 38.3. The maximum Gasteiger partial charge on any atom is 0.150 e. The zero-order valence-electron chi connectivity index (χ0n) is 11.8. The van der Waals surface area contributed by atoms with Gasteiger partial charge in [0.1, 0.15) is 9.84 Å². The molecule has 1 heterocycles. The smallest absolute Gasteiger partial charge is 0.150 e. The molecule has 0 aromatic rings. The van der Waals surface area contributed by atoms with E-state index in [0.717, 1.165) is 38.7 Å². The van der Waals surface area contributed by atoms with Gasteiger partial charge in [-0.3, -0.25) is 11.3 Å². The number of ether oxygens (including phenoxy) is 1. The number of nitrogens with two attached hydrogens (primary N) is 1. The largest absolute Gasteiger partial charge is 0.378 e. The van der Waals surface area contributed by atoms with Gasteiger partial charge in [0.25, 0.3) is 0 Å². The van der Waals surface area contributed by atoms with E-state index in [1.54, 1.807) is 0 Å². The fourth-order valence-corrected chi connectivity index (χ4v) is 4.92. The lowest BCUT2D eigenvalue weighted by Gasteiger charge is -2.37. The van der Waals surface area contributed by atoms with Gasteiger partial charge in [0.05, 0.1) is 11.4 Å². The monoisotopic (exact) mass is 290 g/mol. The molecule has 19 heavy (non-hydrogen) atoms. The molecule has 3 N–H and O–H groups in total. The molecule has 0 amide bonds. The second-order valence-electron chi connectivity index (χ2n) is 6.10. The van der Waals surface area contributed by atoms with Gasteiger partial charge in [-0.25, -0.2) is 8.42 Å². The highest BCUT2D eigenvalue weighted by Gasteiger charge is 2.39. The SMILES string of the molecule is CC1OCCC1C(NN)C1CCCC(S(C)(=O)=O)C1. The summed E-state index contributed by atoms with van der Waals surface area (Å²) in [7, 11) is -2.94. The first kappa shape index (κ1) is 15.2. The van der Waals surface area contributed by atoms with E-state index in [9.17, 15) is 8.42 Å². The summed E-state index contributed by atoms with van der Waals surface area (Å²) in [6, 6.07) is 0.169. The molecular formula is C13H26N2O3S. The highest BCUT2D eigenvalue weighted by Crippen LogP contribution is 2.36. The van der Waals surface area contributed by atoms with E-state index in [2.05, 4.69) is 12.3 Å². The highest BCUT2D eigenvalue weighted by atomic mass is 32.2. The van der Waals surface area contributed by atoms with E-state index in [-0.39, 0.29) is 17.4 Å². The predicted molar refractivity (Wildman–Crippen MR) is 75.2 cm³/mol. The average Bonchev–Trinajstić information content (AvgIpc) is 2.76. The Kier molecular flexibility index (Phi) is 4.87. The van der Waals surface area contributed by atoms with Crippen LogP contribution in [0.4, 0.5) is 0 Å². The van der Waals surface area contributed by atoms with Gasteiger partial charge in [-0.15, -0.1) is 0 Å². The molecule has 0 bridgehead atoms. The summed E-state index contributed by atoms with van der Waals surface area (Å²) in [6.07, 6.45) is 6.13. The molecule has 6 heteroatoms. The average molecular weight is 290 g/mol. The van der Waals surface area contributed by atoms with Crippen LogP contribution in [0.3, 0.4) is 0 Å². The number of sulfone groups is 1. The van der Waals surface area contributed by atoms with Crippen molar-refractivity contribution in [3.63, 3.8) is 0 Å². The molecule has 1 aliphatic carbocycles. The third-order valence-corrected chi connectivity index (χ3v) is 6.51. The van der Waals surface area contributed by atoms with Crippen LogP contribution in [0.2, 0.25) is 0 Å². The third kappa shape index (κ3) is 3.48. The van der Waals surface area contributed by atoms with Crippen LogP contribution in [0.15, 0.2) is 0 Å². The molecule has 5 unspecified atom stereocenters. The van der Waals surface area contributed by atoms with Gasteiger partial charge in [0.15, 0.2) is 0 Å². The number of hydrogen-bond acceptors (Lipinski definition) is 5. The highest BCUT2D eigenvalue weighted by molar-refractivity contribution is 7.91. The standard InChI is InChI=1S/C13H26N2O3S/c1-9-12(6-7-18-9)13(15-14)10-4-3-5-11(8-10)19(2,16)17/h9-13,15H,3-8,14H2,1-2H3. The van der Waals surface area contributed by atoms with Crippen molar-refractivity contribution in [2.45, 2.75) is 56.4 Å². The molecule has 2 rings (SSSR count). The Morgan fingerprint density at radius 2 is 2.05 bits per heavy atom. The minimum atomic E-state index is -2.94. The Labute approximate surface area is 116 Å². The number of rotatable bonds is 4. The summed E-state index contributed by atoms with van der Waals surface area (Å²) >= 11 is 0. The van der Waals surface area contributed by atoms with Gasteiger partial charge in [0.2, 0.25) is 0 Å². The molecule has 5 nitrogen and oxygen atoms in total. The fourth-order valence-electron chi connectivity index (χ4n) is 3.73. The van der Waals surface area contributed by atoms with Gasteiger partial charge in [-0.2, -0.15) is 0 Å². The van der Waals surface area contributed by atoms with Crippen LogP contribution in [0.1, 0.15) is 39.0 Å². The fraction of sp³-hybridized carbons (Fsp3) is 1.00. The lowest BCUT2D eigenvalue weighted by atomic mass is 9.77. The maximum absolute atomic E-state index is 11.8. The van der Waals surface area contributed by atoms with Crippen LogP contribution < -0.4 is 11.3 Å². The first-order valence-corrected chi connectivity index (χ1v) is 9.15. The van der Waals surface area contributed by atoms with E-state index in [1.165, 1.54) is 6.26 Å². The van der Waals surface area contributed by atoms with Crippen LogP contribution in [0.25, 0.3) is 0 Å². The quantitative estimate of drug-likeness (QED) is 0.592. The van der Waals surface area contributed by atoms with Gasteiger partial charge in [-0.05, 0) is 38.5 Å². The zero-order chi connectivity index (χ0) is 14.0. The van der Waals surface area contributed by atoms with Gasteiger partial charge < -0.3 is 4.74 Å². The Hall–Kier alpha value is -0.170. The van der Waals surface area contributed by atoms with Gasteiger partial charge in [-0.1, -0.05) is 6.42 Å². The molecule has 1 saturated carbocycles. The summed E-state index contributed by atoms with van der Waals surface area (Å²) in [6.45, 7) is 2.87. The topological polar surface area (TPSA) is 81.4 Å². The van der Waals surface area contributed by atoms with Gasteiger partial charge in [0, 0.05) is 24.8 Å². The Morgan fingerprint density at radius 3 is 2.58 bits per heavy atom. The van der Waals surface area contributed by atoms with Crippen molar-refractivity contribution in [1.82, 2.24) is 5.43 Å². The van der Waals surface area contributed by atoms with Crippen molar-refractivity contribution < 1.29 is 13.2 Å². The third-order valence-electron chi connectivity index (χ3n) is 4.87. The van der Waals surface area contributed by atoms with Crippen LogP contribution in [-0.4, -0.2) is 38.7 Å². The van der Waals surface area contributed by atoms with E-state index in [1.807, 2.05) is 0 Å². The minimum Gasteiger partial charge on any atom is -0.378 e. The summed E-state index contributed by atoms with van der Waals surface area (Å²) in [4.78, 5) is 0. The lowest BCUT2D eigenvalue weighted by molar-refractivity contribution is 0.0815. The minimum absolute atomic E-state index is 0.169. The molecule has 1 aliphatic heterocycles. The Morgan fingerprint density at radius 1 is 1.32 bits per heavy atom. The number of hydrogen-bond donors (Lipinski definition) is 2. The molecule has 112 valence electrons. The van der Waals surface area contributed by atoms with Crippen LogP contribution >= 0.6 is 0 Å². The molecule has 0 aromatic heterocycles. The molecule has 0 radical (unpaired) electrons. The van der Waals surface area contributed by atoms with Crippen LogP contribution in [-0.2, 0) is 14.6 Å². The summed E-state index contributed by atoms with van der Waals surface area (Å²) in [5.74, 6) is 6.48. The van der Waals surface area contributed by atoms with Crippen LogP contribution in [0, 0.1) is 11.8 Å². The van der Waals surface area contributed by atoms with Crippen molar-refractivity contribution in [2.24, 2.45) is 17.7 Å². The second-order valence-corrected chi connectivity index (χ2v) is 8.42. The van der Waals surface area contributed by atoms with E-state index >= 15 is 0 Å². The summed E-state index contributed by atoms with van der Waals surface area (Å²) in [5, 5.41) is -0.195. The van der Waals surface area contributed by atoms with Crippen LogP contribution in [0.5, 0.6) is 0 Å². The Bertz CT molecular complexity index is 399. The molecule has 1 saturated heterocycles. The van der Waals surface area contributed by atoms with E-state index in [4.69, 9.17) is 10.6 Å². The first-order valence-electron chi connectivity index (χ1n) is 7.20. The molecule has 0 aromatic carbocycles. The first-order chi connectivity index (χ1) is 8.93. The summed E-state index contributed by atoms with van der Waals surface area (Å²) < 4.78 is 29.1. The predicted octanol–water partition coefficient (Wildman–Crippen LogP) is 0.847. The molecule has 2 aliphatic rings. The van der Waals surface area contributed by atoms with Crippen molar-refractivity contribution in [3.05, 3.63) is 0 Å². The maximum atomic E-state index is 11.8. The molecule has 5 atom stereocenters. The number of nitrogens with one attached hydrogen (secondary N) is 1. The van der Waals surface area contributed by atoms with Crippen molar-refractivity contribution in [3.8, 4) is 0 Å². The van der Waals surface area contributed by atoms with Gasteiger partial charge >= 0.3 is 0 Å². The number of hydrazine groups is 1. The lowest BCUT2D eigenvalue weighted by Crippen LogP contribution is -2.50. The summed E-state index contributed by atoms with van der Waals surface area (Å²) in [5.41, 5.74) is 2.94. The molecular weight excluding hydrogens is 264 g/mol. The van der Waals surface area contributed by atoms with Crippen molar-refractivity contribution in [2.75, 3.05) is 12.9 Å². The van der Waals surface area contributed by atoms with E-state index < -0.39 is 9.84 Å². The second kappa shape index (κ2) is 6.08. The molecule has 0 spiro atoms. The zero-order valence-corrected chi connectivity index (χ0v) is 12.7. The van der Waals surface area contributed by atoms with E-state index in [0.29, 0.717) is 11.8 Å².